The van der Waals surface area contributed by atoms with Gasteiger partial charge >= 0.3 is 0 Å². The summed E-state index contributed by atoms with van der Waals surface area (Å²) < 4.78 is 22.1. The van der Waals surface area contributed by atoms with Gasteiger partial charge in [0.15, 0.2) is 5.82 Å². The molecule has 1 atom stereocenters. The molecule has 0 spiro atoms. The lowest BCUT2D eigenvalue weighted by Crippen LogP contribution is -2.59. The number of primary amides is 1. The standard InChI is InChI=1S/C37H46FN9O4/c1-23-13-32-36(50)46(12-9-43(32)8-7-37(3,4)16-23)30-14-25(38)15-31(29(30)20-48)47-19-28(34(39)49)35(42-47)41-33-6-5-26(17-40-33)45-11-10-44(18-24(45)2)27-21-51-22-27/h5-6,13-15,17,19,24,27,48H,1,7-12,16,18,20-22H2,2-4H3,(H2,39,49)(H,40,41,42)/b32-13-/t24-/m0/s1. The number of anilines is 4. The molecule has 4 aliphatic rings. The Balaban J connectivity index is 1.14. The number of aromatic nitrogens is 3. The van der Waals surface area contributed by atoms with Gasteiger partial charge in [0.25, 0.3) is 11.8 Å². The number of ether oxygens (including phenoxy) is 1. The lowest BCUT2D eigenvalue weighted by Gasteiger charge is -2.46. The van der Waals surface area contributed by atoms with E-state index in [0.717, 1.165) is 63.5 Å². The first-order valence-electron chi connectivity index (χ1n) is 17.5. The molecule has 14 heteroatoms. The zero-order chi connectivity index (χ0) is 36.0. The van der Waals surface area contributed by atoms with Crippen LogP contribution in [0.1, 0.15) is 49.5 Å². The molecule has 3 saturated heterocycles. The number of nitrogens with two attached hydrogens (primary N) is 1. The van der Waals surface area contributed by atoms with Crippen molar-refractivity contribution in [1.82, 2.24) is 24.6 Å². The summed E-state index contributed by atoms with van der Waals surface area (Å²) in [6.45, 7) is 16.2. The molecule has 2 aromatic heterocycles. The lowest BCUT2D eigenvalue weighted by atomic mass is 9.81. The molecule has 6 heterocycles. The number of aliphatic hydroxyl groups excluding tert-OH is 1. The fraction of sp³-hybridized carbons (Fsp3) is 0.459. The summed E-state index contributed by atoms with van der Waals surface area (Å²) >= 11 is 0. The number of pyridine rings is 1. The number of rotatable bonds is 8. The zero-order valence-corrected chi connectivity index (χ0v) is 29.4. The summed E-state index contributed by atoms with van der Waals surface area (Å²) in [6, 6.07) is 7.03. The minimum Gasteiger partial charge on any atom is -0.392 e. The molecule has 13 nitrogen and oxygen atoms in total. The summed E-state index contributed by atoms with van der Waals surface area (Å²) in [6.07, 6.45) is 6.64. The molecule has 0 bridgehead atoms. The van der Waals surface area contributed by atoms with Crippen LogP contribution in [0, 0.1) is 11.2 Å². The van der Waals surface area contributed by atoms with Crippen LogP contribution >= 0.6 is 0 Å². The van der Waals surface area contributed by atoms with Crippen molar-refractivity contribution in [2.45, 2.75) is 52.3 Å². The number of allylic oxidation sites excluding steroid dienone is 2. The molecule has 3 aromatic rings. The highest BCUT2D eigenvalue weighted by atomic mass is 19.1. The Labute approximate surface area is 297 Å². The molecule has 1 aromatic carbocycles. The summed E-state index contributed by atoms with van der Waals surface area (Å²) in [7, 11) is 0. The zero-order valence-electron chi connectivity index (χ0n) is 29.4. The van der Waals surface area contributed by atoms with E-state index in [2.05, 4.69) is 57.4 Å². The number of carbonyl (C=O) groups is 2. The number of amides is 2. The van der Waals surface area contributed by atoms with E-state index in [1.54, 1.807) is 6.20 Å². The van der Waals surface area contributed by atoms with Crippen LogP contribution < -0.4 is 20.9 Å². The average Bonchev–Trinajstić information content (AvgIpc) is 3.47. The quantitative estimate of drug-likeness (QED) is 0.319. The summed E-state index contributed by atoms with van der Waals surface area (Å²) in [4.78, 5) is 39.5. The van der Waals surface area contributed by atoms with Crippen molar-refractivity contribution in [3.63, 3.8) is 0 Å². The van der Waals surface area contributed by atoms with Crippen LogP contribution in [0.2, 0.25) is 0 Å². The van der Waals surface area contributed by atoms with Crippen molar-refractivity contribution in [3.05, 3.63) is 77.5 Å². The molecule has 0 radical (unpaired) electrons. The Kier molecular flexibility index (Phi) is 9.33. The average molecular weight is 700 g/mol. The highest BCUT2D eigenvalue weighted by molar-refractivity contribution is 6.07. The number of benzene rings is 1. The molecular weight excluding hydrogens is 653 g/mol. The minimum atomic E-state index is -0.753. The molecule has 4 N–H and O–H groups in total. The second-order valence-electron chi connectivity index (χ2n) is 14.8. The minimum absolute atomic E-state index is 0.0473. The summed E-state index contributed by atoms with van der Waals surface area (Å²) in [5.74, 6) is -1.13. The van der Waals surface area contributed by atoms with Crippen LogP contribution in [0.3, 0.4) is 0 Å². The van der Waals surface area contributed by atoms with Gasteiger partial charge in [0.2, 0.25) is 0 Å². The molecule has 0 saturated carbocycles. The molecule has 7 rings (SSSR count). The number of hydrogen-bond donors (Lipinski definition) is 3. The molecule has 0 aliphatic carbocycles. The molecule has 270 valence electrons. The second-order valence-corrected chi connectivity index (χ2v) is 14.8. The van der Waals surface area contributed by atoms with Crippen LogP contribution in [0.25, 0.3) is 5.69 Å². The van der Waals surface area contributed by atoms with E-state index in [1.807, 2.05) is 18.2 Å². The van der Waals surface area contributed by atoms with Gasteiger partial charge in [-0.3, -0.25) is 14.5 Å². The molecule has 2 amide bonds. The van der Waals surface area contributed by atoms with Gasteiger partial charge in [0, 0.05) is 63.1 Å². The van der Waals surface area contributed by atoms with E-state index in [4.69, 9.17) is 10.5 Å². The van der Waals surface area contributed by atoms with Gasteiger partial charge in [0.05, 0.1) is 49.1 Å². The van der Waals surface area contributed by atoms with Crippen molar-refractivity contribution in [3.8, 4) is 5.69 Å². The topological polar surface area (TPSA) is 145 Å². The summed E-state index contributed by atoms with van der Waals surface area (Å²) in [5, 5.41) is 18.3. The number of piperazine rings is 2. The largest absolute Gasteiger partial charge is 0.392 e. The van der Waals surface area contributed by atoms with Crippen molar-refractivity contribution >= 4 is 34.8 Å². The highest BCUT2D eigenvalue weighted by Gasteiger charge is 2.35. The van der Waals surface area contributed by atoms with Crippen LogP contribution in [-0.4, -0.2) is 106 Å². The molecule has 3 fully saturated rings. The van der Waals surface area contributed by atoms with Gasteiger partial charge in [0.1, 0.15) is 22.9 Å². The maximum absolute atomic E-state index is 15.4. The third-order valence-corrected chi connectivity index (χ3v) is 10.5. The smallest absolute Gasteiger partial charge is 0.274 e. The maximum atomic E-state index is 15.4. The van der Waals surface area contributed by atoms with Crippen molar-refractivity contribution < 1.29 is 23.8 Å². The Morgan fingerprint density at radius 1 is 1.16 bits per heavy atom. The predicted octanol–water partition coefficient (Wildman–Crippen LogP) is 3.56. The van der Waals surface area contributed by atoms with E-state index in [-0.39, 0.29) is 39.6 Å². The van der Waals surface area contributed by atoms with E-state index >= 15 is 4.39 Å². The number of nitrogens with zero attached hydrogens (tertiary/aromatic N) is 7. The van der Waals surface area contributed by atoms with Gasteiger partial charge in [-0.05, 0) is 49.5 Å². The predicted molar refractivity (Wildman–Crippen MR) is 193 cm³/mol. The fourth-order valence-electron chi connectivity index (χ4n) is 7.59. The van der Waals surface area contributed by atoms with Gasteiger partial charge in [-0.25, -0.2) is 14.1 Å². The van der Waals surface area contributed by atoms with Gasteiger partial charge < -0.3 is 35.6 Å². The number of halogens is 1. The van der Waals surface area contributed by atoms with Crippen molar-refractivity contribution in [2.75, 3.05) is 67.6 Å². The third kappa shape index (κ3) is 6.95. The number of hydrogen-bond acceptors (Lipinski definition) is 10. The molecule has 4 aliphatic heterocycles. The van der Waals surface area contributed by atoms with Crippen molar-refractivity contribution in [1.29, 1.82) is 0 Å². The third-order valence-electron chi connectivity index (χ3n) is 10.5. The lowest BCUT2D eigenvalue weighted by molar-refractivity contribution is -0.117. The molecule has 0 unspecified atom stereocenters. The van der Waals surface area contributed by atoms with Gasteiger partial charge in [-0.1, -0.05) is 26.0 Å². The first kappa shape index (κ1) is 34.6. The Morgan fingerprint density at radius 2 is 1.94 bits per heavy atom. The first-order chi connectivity index (χ1) is 24.4. The number of aliphatic hydroxyl groups is 1. The number of carbonyl (C=O) groups excluding carboxylic acids is 2. The second kappa shape index (κ2) is 13.7. The van der Waals surface area contributed by atoms with E-state index in [0.29, 0.717) is 36.7 Å². The van der Waals surface area contributed by atoms with E-state index < -0.39 is 18.3 Å². The van der Waals surface area contributed by atoms with E-state index in [9.17, 15) is 14.7 Å². The van der Waals surface area contributed by atoms with E-state index in [1.165, 1.54) is 27.9 Å². The Morgan fingerprint density at radius 3 is 2.61 bits per heavy atom. The summed E-state index contributed by atoms with van der Waals surface area (Å²) in [5.41, 5.74) is 8.86. The fourth-order valence-corrected chi connectivity index (χ4v) is 7.59. The van der Waals surface area contributed by atoms with Crippen LogP contribution in [-0.2, 0) is 16.1 Å². The Bertz CT molecular complexity index is 1870. The SMILES string of the molecule is C=C1/C=C2/C(=O)N(c3cc(F)cc(-n4cc(C(N)=O)c(Nc5ccc(N6CCN(C7COC7)C[C@@H]6C)cn5)n4)c3CO)CCN2CCC(C)(C)C1. The van der Waals surface area contributed by atoms with Crippen LogP contribution in [0.4, 0.5) is 27.4 Å². The molecule has 51 heavy (non-hydrogen) atoms. The van der Waals surface area contributed by atoms with Crippen LogP contribution in [0.5, 0.6) is 0 Å². The van der Waals surface area contributed by atoms with Crippen molar-refractivity contribution in [2.24, 2.45) is 11.1 Å². The Hall–Kier alpha value is -4.79. The van der Waals surface area contributed by atoms with Crippen LogP contribution in [0.15, 0.2) is 60.6 Å². The highest BCUT2D eigenvalue weighted by Crippen LogP contribution is 2.37. The first-order valence-corrected chi connectivity index (χ1v) is 17.5. The normalized spacial score (nSPS) is 22.5. The number of nitrogens with one attached hydrogen (secondary N) is 1. The maximum Gasteiger partial charge on any atom is 0.274 e. The van der Waals surface area contributed by atoms with Gasteiger partial charge in [-0.2, -0.15) is 0 Å². The monoisotopic (exact) mass is 699 g/mol. The van der Waals surface area contributed by atoms with Gasteiger partial charge in [-0.15, -0.1) is 5.10 Å². The molecular formula is C37H46FN9O4. The number of fused-ring (bicyclic) bond motifs is 1.